The molecule has 0 saturated heterocycles. The molecule has 0 aliphatic heterocycles. The Kier molecular flexibility index (Phi) is 14.9. The van der Waals surface area contributed by atoms with E-state index in [0.29, 0.717) is 23.3 Å². The van der Waals surface area contributed by atoms with Crippen LogP contribution < -0.4 is 9.47 Å². The number of halogens is 12. The maximum Gasteiger partial charge on any atom is 0.416 e. The maximum absolute atomic E-state index is 14.2. The predicted octanol–water partition coefficient (Wildman–Crippen LogP) is 14.4. The molecule has 0 saturated carbocycles. The fourth-order valence-electron chi connectivity index (χ4n) is 5.88. The van der Waals surface area contributed by atoms with Gasteiger partial charge in [0.05, 0.1) is 40.4 Å². The van der Waals surface area contributed by atoms with E-state index in [1.165, 1.54) is 20.3 Å². The number of ether oxygens (including phenoxy) is 4. The van der Waals surface area contributed by atoms with Gasteiger partial charge in [0.15, 0.2) is 17.3 Å². The van der Waals surface area contributed by atoms with Crippen molar-refractivity contribution in [3.8, 4) is 23.0 Å². The number of carbonyl (C=O) groups excluding carboxylic acids is 2. The van der Waals surface area contributed by atoms with E-state index in [4.69, 9.17) is 72.2 Å². The Morgan fingerprint density at radius 2 is 1.05 bits per heavy atom. The van der Waals surface area contributed by atoms with E-state index in [1.807, 2.05) is 18.2 Å². The Labute approximate surface area is 368 Å². The average Bonchev–Trinajstić information content (AvgIpc) is 3.18. The number of fused-ring (bicyclic) bond motifs is 2. The summed E-state index contributed by atoms with van der Waals surface area (Å²) in [6.07, 6.45) is -8.84. The Morgan fingerprint density at radius 3 is 1.52 bits per heavy atom. The van der Waals surface area contributed by atoms with Crippen molar-refractivity contribution in [1.82, 2.24) is 0 Å². The van der Waals surface area contributed by atoms with Crippen LogP contribution >= 0.6 is 58.0 Å². The third-order valence-corrected chi connectivity index (χ3v) is 10.3. The minimum atomic E-state index is -4.73. The van der Waals surface area contributed by atoms with Crippen LogP contribution in [0.15, 0.2) is 97.1 Å². The van der Waals surface area contributed by atoms with Crippen LogP contribution in [-0.4, -0.2) is 36.4 Å². The van der Waals surface area contributed by atoms with E-state index < -0.39 is 62.3 Å². The number of rotatable bonds is 10. The fourth-order valence-corrected chi connectivity index (χ4v) is 7.19. The molecule has 0 fully saturated rings. The summed E-state index contributed by atoms with van der Waals surface area (Å²) in [5.41, 5.74) is -0.628. The predicted molar refractivity (Wildman–Crippen MR) is 221 cm³/mol. The summed E-state index contributed by atoms with van der Waals surface area (Å²) >= 11 is 30.1. The molecule has 61 heavy (non-hydrogen) atoms. The molecular formula is C43H30Cl5F7O6. The molecule has 0 spiro atoms. The Hall–Kier alpha value is -4.66. The molecular weight excluding hydrogens is 923 g/mol. The second-order valence-corrected chi connectivity index (χ2v) is 16.1. The highest BCUT2D eigenvalue weighted by molar-refractivity contribution is 6.37. The first-order valence-electron chi connectivity index (χ1n) is 17.5. The van der Waals surface area contributed by atoms with Gasteiger partial charge < -0.3 is 18.9 Å². The fraction of sp³-hybridized carbons (Fsp3) is 0.209. The van der Waals surface area contributed by atoms with Gasteiger partial charge in [-0.25, -0.2) is 4.39 Å². The average molecular weight is 953 g/mol. The topological polar surface area (TPSA) is 71.1 Å². The lowest BCUT2D eigenvalue weighted by Gasteiger charge is -2.19. The van der Waals surface area contributed by atoms with Crippen molar-refractivity contribution in [3.05, 3.63) is 140 Å². The zero-order chi connectivity index (χ0) is 45.0. The van der Waals surface area contributed by atoms with Gasteiger partial charge in [0.1, 0.15) is 21.8 Å². The summed E-state index contributed by atoms with van der Waals surface area (Å²) in [7, 11) is 2.51. The van der Waals surface area contributed by atoms with Crippen molar-refractivity contribution in [3.63, 3.8) is 0 Å². The van der Waals surface area contributed by atoms with Crippen LogP contribution in [0.5, 0.6) is 23.0 Å². The van der Waals surface area contributed by atoms with Crippen molar-refractivity contribution in [2.45, 2.75) is 42.4 Å². The van der Waals surface area contributed by atoms with Crippen LogP contribution in [0, 0.1) is 5.82 Å². The SMILES string of the molecule is COC(=O)C(C)(Cl)Cc1ccc2ccc(Oc3c(Cl)cc(C(F)(F)F)cc3Cl)cc2c1.COC(=O)C(Cl)Cc1ccc2ccc(Oc3c(F)cc(C(F)(F)F)cc3Cl)cc2c1. The van der Waals surface area contributed by atoms with E-state index in [2.05, 4.69) is 4.74 Å². The van der Waals surface area contributed by atoms with Crippen LogP contribution in [-0.2, 0) is 44.3 Å². The van der Waals surface area contributed by atoms with Crippen LogP contribution in [0.3, 0.4) is 0 Å². The van der Waals surface area contributed by atoms with E-state index in [0.717, 1.165) is 39.4 Å². The van der Waals surface area contributed by atoms with Gasteiger partial charge in [0, 0.05) is 6.42 Å². The van der Waals surface area contributed by atoms with Gasteiger partial charge in [-0.3, -0.25) is 9.59 Å². The summed E-state index contributed by atoms with van der Waals surface area (Å²) in [4.78, 5) is 22.1. The van der Waals surface area contributed by atoms with Crippen molar-refractivity contribution in [2.24, 2.45) is 0 Å². The first-order chi connectivity index (χ1) is 28.5. The molecule has 18 heteroatoms. The number of carbonyl (C=O) groups is 2. The van der Waals surface area contributed by atoms with Gasteiger partial charge >= 0.3 is 24.3 Å². The molecule has 6 rings (SSSR count). The van der Waals surface area contributed by atoms with Gasteiger partial charge in [-0.05, 0) is 94.5 Å². The highest BCUT2D eigenvalue weighted by Gasteiger charge is 2.34. The third kappa shape index (κ3) is 12.0. The molecule has 0 bridgehead atoms. The molecule has 0 N–H and O–H groups in total. The van der Waals surface area contributed by atoms with E-state index in [1.54, 1.807) is 55.5 Å². The van der Waals surface area contributed by atoms with Gasteiger partial charge in [-0.15, -0.1) is 23.2 Å². The Bertz CT molecular complexity index is 2550. The van der Waals surface area contributed by atoms with Crippen molar-refractivity contribution >= 4 is 91.5 Å². The molecule has 6 aromatic carbocycles. The largest absolute Gasteiger partial charge is 0.468 e. The van der Waals surface area contributed by atoms with Crippen molar-refractivity contribution < 1.29 is 59.3 Å². The molecule has 0 heterocycles. The molecule has 2 atom stereocenters. The summed E-state index contributed by atoms with van der Waals surface area (Å²) in [6.45, 7) is 1.57. The zero-order valence-corrected chi connectivity index (χ0v) is 35.5. The summed E-state index contributed by atoms with van der Waals surface area (Å²) < 4.78 is 112. The zero-order valence-electron chi connectivity index (χ0n) is 31.7. The van der Waals surface area contributed by atoms with Crippen LogP contribution in [0.4, 0.5) is 30.7 Å². The number of esters is 2. The monoisotopic (exact) mass is 950 g/mol. The molecule has 6 nitrogen and oxygen atoms in total. The van der Waals surface area contributed by atoms with E-state index in [-0.39, 0.29) is 34.4 Å². The lowest BCUT2D eigenvalue weighted by atomic mass is 9.98. The second kappa shape index (κ2) is 19.2. The maximum atomic E-state index is 14.2. The highest BCUT2D eigenvalue weighted by atomic mass is 35.5. The van der Waals surface area contributed by atoms with Crippen molar-refractivity contribution in [2.75, 3.05) is 14.2 Å². The molecule has 0 radical (unpaired) electrons. The lowest BCUT2D eigenvalue weighted by molar-refractivity contribution is -0.143. The first-order valence-corrected chi connectivity index (χ1v) is 19.5. The molecule has 0 aliphatic carbocycles. The number of benzene rings is 6. The normalized spacial score (nSPS) is 13.2. The smallest absolute Gasteiger partial charge is 0.416 e. The van der Waals surface area contributed by atoms with Gasteiger partial charge in [0.2, 0.25) is 0 Å². The van der Waals surface area contributed by atoms with E-state index in [9.17, 15) is 40.3 Å². The van der Waals surface area contributed by atoms with Crippen LogP contribution in [0.2, 0.25) is 15.1 Å². The van der Waals surface area contributed by atoms with Gasteiger partial charge in [-0.1, -0.05) is 83.3 Å². The van der Waals surface area contributed by atoms with Gasteiger partial charge in [-0.2, -0.15) is 26.3 Å². The minimum absolute atomic E-state index is 0.0779. The van der Waals surface area contributed by atoms with Crippen LogP contribution in [0.1, 0.15) is 29.2 Å². The second-order valence-electron chi connectivity index (χ2n) is 13.5. The number of alkyl halides is 8. The highest BCUT2D eigenvalue weighted by Crippen LogP contribution is 2.43. The summed E-state index contributed by atoms with van der Waals surface area (Å²) in [5.74, 6) is -2.41. The minimum Gasteiger partial charge on any atom is -0.468 e. The lowest BCUT2D eigenvalue weighted by Crippen LogP contribution is -2.32. The molecule has 322 valence electrons. The Morgan fingerprint density at radius 1 is 0.607 bits per heavy atom. The quantitative estimate of drug-likeness (QED) is 0.0774. The number of methoxy groups -OCH3 is 2. The Balaban J connectivity index is 0.000000231. The number of hydrogen-bond donors (Lipinski definition) is 0. The molecule has 0 aliphatic rings. The van der Waals surface area contributed by atoms with Gasteiger partial charge in [0.25, 0.3) is 0 Å². The van der Waals surface area contributed by atoms with Crippen LogP contribution in [0.25, 0.3) is 21.5 Å². The molecule has 0 aromatic heterocycles. The third-order valence-electron chi connectivity index (χ3n) is 8.86. The first kappa shape index (κ1) is 47.4. The van der Waals surface area contributed by atoms with E-state index >= 15 is 0 Å². The molecule has 0 amide bonds. The molecule has 6 aromatic rings. The molecule has 2 unspecified atom stereocenters. The summed E-state index contributed by atoms with van der Waals surface area (Å²) in [5, 5.41) is 1.30. The van der Waals surface area contributed by atoms with Crippen molar-refractivity contribution in [1.29, 1.82) is 0 Å². The standard InChI is InChI=1S/C22H16Cl3F3O3.C21H14Cl2F4O3/c1-21(25,20(29)30-2)11-12-3-4-13-5-6-16(8-14(13)7-12)31-19-17(23)9-15(10-18(19)24)22(26,27)28;1-29-20(28)17(23)7-11-2-3-12-4-5-15(8-13(12)6-11)30-19-16(22)9-14(10-18(19)24)21(25,26)27/h3-10H,11H2,1-2H3;2-6,8-10,17H,7H2,1H3. The summed E-state index contributed by atoms with van der Waals surface area (Å²) in [6, 6.07) is 23.3. The number of hydrogen-bond acceptors (Lipinski definition) is 6.